The molecule has 3 aliphatic rings. The maximum atomic E-state index is 12.8. The third-order valence-corrected chi connectivity index (χ3v) is 6.16. The van der Waals surface area contributed by atoms with Crippen LogP contribution in [0.1, 0.15) is 58.3 Å². The van der Waals surface area contributed by atoms with Gasteiger partial charge in [0, 0.05) is 19.0 Å². The van der Waals surface area contributed by atoms with Crippen LogP contribution in [0.5, 0.6) is 0 Å². The molecular weight excluding hydrogens is 260 g/mol. The van der Waals surface area contributed by atoms with E-state index in [0.29, 0.717) is 5.91 Å². The number of hydrogen-bond donors (Lipinski definition) is 1. The molecule has 1 amide bonds. The first kappa shape index (κ1) is 15.3. The Morgan fingerprint density at radius 3 is 2.29 bits per heavy atom. The number of likely N-dealkylation sites (tertiary alicyclic amines) is 1. The summed E-state index contributed by atoms with van der Waals surface area (Å²) in [6.07, 6.45) is 10.4. The quantitative estimate of drug-likeness (QED) is 0.867. The van der Waals surface area contributed by atoms with Crippen molar-refractivity contribution in [2.24, 2.45) is 23.7 Å². The fourth-order valence-corrected chi connectivity index (χ4v) is 4.77. The van der Waals surface area contributed by atoms with Crippen LogP contribution in [-0.4, -0.2) is 37.0 Å². The second-order valence-electron chi connectivity index (χ2n) is 7.72. The monoisotopic (exact) mass is 292 g/mol. The topological polar surface area (TPSA) is 32.3 Å². The van der Waals surface area contributed by atoms with Gasteiger partial charge < -0.3 is 10.2 Å². The summed E-state index contributed by atoms with van der Waals surface area (Å²) in [5, 5.41) is 3.51. The summed E-state index contributed by atoms with van der Waals surface area (Å²) < 4.78 is 0. The van der Waals surface area contributed by atoms with E-state index < -0.39 is 0 Å². The average Bonchev–Trinajstić information content (AvgIpc) is 2.86. The van der Waals surface area contributed by atoms with Gasteiger partial charge in [0.15, 0.2) is 0 Å². The van der Waals surface area contributed by atoms with Gasteiger partial charge in [0.1, 0.15) is 0 Å². The third-order valence-electron chi connectivity index (χ3n) is 6.16. The summed E-state index contributed by atoms with van der Waals surface area (Å²) in [7, 11) is 0. The molecular formula is C18H32N2O. The van der Waals surface area contributed by atoms with Crippen molar-refractivity contribution >= 4 is 5.91 Å². The summed E-state index contributed by atoms with van der Waals surface area (Å²) in [4.78, 5) is 14.9. The van der Waals surface area contributed by atoms with E-state index in [4.69, 9.17) is 0 Å². The van der Waals surface area contributed by atoms with E-state index in [1.807, 2.05) is 0 Å². The zero-order valence-electron chi connectivity index (χ0n) is 13.7. The lowest BCUT2D eigenvalue weighted by molar-refractivity contribution is -0.135. The van der Waals surface area contributed by atoms with Crippen LogP contribution in [0.25, 0.3) is 0 Å². The maximum absolute atomic E-state index is 12.8. The first-order valence-electron chi connectivity index (χ1n) is 9.23. The smallest absolute Gasteiger partial charge is 0.225 e. The lowest BCUT2D eigenvalue weighted by atomic mass is 9.83. The molecule has 0 radical (unpaired) electrons. The van der Waals surface area contributed by atoms with Crippen LogP contribution in [-0.2, 0) is 4.79 Å². The zero-order chi connectivity index (χ0) is 14.7. The number of rotatable bonds is 3. The van der Waals surface area contributed by atoms with Crippen molar-refractivity contribution in [3.63, 3.8) is 0 Å². The van der Waals surface area contributed by atoms with E-state index in [9.17, 15) is 4.79 Å². The molecule has 2 aliphatic heterocycles. The molecule has 120 valence electrons. The molecule has 0 aromatic heterocycles. The highest BCUT2D eigenvalue weighted by Gasteiger charge is 2.32. The van der Waals surface area contributed by atoms with Crippen LogP contribution in [0.3, 0.4) is 0 Å². The van der Waals surface area contributed by atoms with Gasteiger partial charge in [-0.05, 0) is 50.1 Å². The van der Waals surface area contributed by atoms with Crippen molar-refractivity contribution in [3.05, 3.63) is 0 Å². The first-order valence-corrected chi connectivity index (χ1v) is 9.23. The van der Waals surface area contributed by atoms with Crippen molar-refractivity contribution in [2.45, 2.75) is 58.3 Å². The molecule has 1 aliphatic carbocycles. The Balaban J connectivity index is 1.49. The van der Waals surface area contributed by atoms with Crippen molar-refractivity contribution in [3.8, 4) is 0 Å². The van der Waals surface area contributed by atoms with E-state index in [1.165, 1.54) is 58.0 Å². The minimum Gasteiger partial charge on any atom is -0.342 e. The number of nitrogens with zero attached hydrogens (tertiary/aromatic N) is 1. The highest BCUT2D eigenvalue weighted by atomic mass is 16.2. The predicted molar refractivity (Wildman–Crippen MR) is 86.0 cm³/mol. The molecule has 1 N–H and O–H groups in total. The molecule has 0 bridgehead atoms. The van der Waals surface area contributed by atoms with Crippen molar-refractivity contribution in [2.75, 3.05) is 26.2 Å². The molecule has 0 spiro atoms. The van der Waals surface area contributed by atoms with Crippen LogP contribution >= 0.6 is 0 Å². The fourth-order valence-electron chi connectivity index (χ4n) is 4.77. The summed E-state index contributed by atoms with van der Waals surface area (Å²) in [6, 6.07) is 0. The molecule has 21 heavy (non-hydrogen) atoms. The average molecular weight is 292 g/mol. The standard InChI is InChI=1S/C18H32N2O/c1-14(11-15-5-3-2-4-6-15)18(21)20-9-7-16-12-19-13-17(16)8-10-20/h14-17,19H,2-13H2,1H3/t14?,16-,17+. The molecule has 3 fully saturated rings. The number of carbonyl (C=O) groups is 1. The van der Waals surface area contributed by atoms with Gasteiger partial charge in [-0.3, -0.25) is 4.79 Å². The summed E-state index contributed by atoms with van der Waals surface area (Å²) in [6.45, 7) is 6.51. The minimum atomic E-state index is 0.240. The Labute approximate surface area is 129 Å². The molecule has 3 heteroatoms. The largest absolute Gasteiger partial charge is 0.342 e. The molecule has 2 heterocycles. The van der Waals surface area contributed by atoms with Crippen LogP contribution in [0.15, 0.2) is 0 Å². The van der Waals surface area contributed by atoms with Gasteiger partial charge in [0.25, 0.3) is 0 Å². The van der Waals surface area contributed by atoms with Gasteiger partial charge in [-0.15, -0.1) is 0 Å². The highest BCUT2D eigenvalue weighted by molar-refractivity contribution is 5.78. The Morgan fingerprint density at radius 1 is 1.05 bits per heavy atom. The molecule has 3 atom stereocenters. The Hall–Kier alpha value is -0.570. The maximum Gasteiger partial charge on any atom is 0.225 e. The van der Waals surface area contributed by atoms with Gasteiger partial charge >= 0.3 is 0 Å². The second-order valence-corrected chi connectivity index (χ2v) is 7.72. The summed E-state index contributed by atoms with van der Waals surface area (Å²) in [5.74, 6) is 3.12. The lowest BCUT2D eigenvalue weighted by Crippen LogP contribution is -2.37. The second kappa shape index (κ2) is 7.13. The zero-order valence-corrected chi connectivity index (χ0v) is 13.7. The third kappa shape index (κ3) is 3.80. The fraction of sp³-hybridized carbons (Fsp3) is 0.944. The van der Waals surface area contributed by atoms with Crippen molar-refractivity contribution < 1.29 is 4.79 Å². The van der Waals surface area contributed by atoms with Crippen LogP contribution in [0.2, 0.25) is 0 Å². The van der Waals surface area contributed by atoms with E-state index in [1.54, 1.807) is 0 Å². The van der Waals surface area contributed by atoms with E-state index in [0.717, 1.165) is 37.3 Å². The van der Waals surface area contributed by atoms with Crippen LogP contribution < -0.4 is 5.32 Å². The van der Waals surface area contributed by atoms with Gasteiger partial charge in [-0.2, -0.15) is 0 Å². The van der Waals surface area contributed by atoms with E-state index in [-0.39, 0.29) is 5.92 Å². The number of nitrogens with one attached hydrogen (secondary N) is 1. The lowest BCUT2D eigenvalue weighted by Gasteiger charge is -2.28. The van der Waals surface area contributed by atoms with Crippen LogP contribution in [0, 0.1) is 23.7 Å². The SMILES string of the molecule is CC(CC1CCCCC1)C(=O)N1CC[C@@H]2CNC[C@@H]2CC1. The number of amides is 1. The molecule has 1 saturated carbocycles. The van der Waals surface area contributed by atoms with E-state index >= 15 is 0 Å². The Kier molecular flexibility index (Phi) is 5.20. The molecule has 2 saturated heterocycles. The van der Waals surface area contributed by atoms with Crippen molar-refractivity contribution in [1.82, 2.24) is 10.2 Å². The highest BCUT2D eigenvalue weighted by Crippen LogP contribution is 2.31. The van der Waals surface area contributed by atoms with Crippen molar-refractivity contribution in [1.29, 1.82) is 0 Å². The normalized spacial score (nSPS) is 32.5. The summed E-state index contributed by atoms with van der Waals surface area (Å²) >= 11 is 0. The molecule has 1 unspecified atom stereocenters. The molecule has 3 nitrogen and oxygen atoms in total. The number of hydrogen-bond acceptors (Lipinski definition) is 2. The number of fused-ring (bicyclic) bond motifs is 1. The van der Waals surface area contributed by atoms with Gasteiger partial charge in [0.2, 0.25) is 5.91 Å². The van der Waals surface area contributed by atoms with Crippen LogP contribution in [0.4, 0.5) is 0 Å². The Morgan fingerprint density at radius 2 is 1.67 bits per heavy atom. The summed E-state index contributed by atoms with van der Waals surface area (Å²) in [5.41, 5.74) is 0. The predicted octanol–water partition coefficient (Wildman–Crippen LogP) is 3.05. The van der Waals surface area contributed by atoms with Gasteiger partial charge in [-0.1, -0.05) is 39.0 Å². The molecule has 0 aromatic rings. The number of carbonyl (C=O) groups excluding carboxylic acids is 1. The molecule has 3 rings (SSSR count). The molecule has 0 aromatic carbocycles. The first-order chi connectivity index (χ1) is 10.2. The van der Waals surface area contributed by atoms with Gasteiger partial charge in [-0.25, -0.2) is 0 Å². The minimum absolute atomic E-state index is 0.240. The van der Waals surface area contributed by atoms with Gasteiger partial charge in [0.05, 0.1) is 0 Å². The Bertz CT molecular complexity index is 337. The van der Waals surface area contributed by atoms with E-state index in [2.05, 4.69) is 17.1 Å².